The average Bonchev–Trinajstić information content (AvgIpc) is 2.84. The zero-order chi connectivity index (χ0) is 18.0. The number of benzene rings is 1. The van der Waals surface area contributed by atoms with E-state index in [9.17, 15) is 9.59 Å². The summed E-state index contributed by atoms with van der Waals surface area (Å²) in [5.41, 5.74) is 3.84. The minimum Gasteiger partial charge on any atom is -0.496 e. The smallest absolute Gasteiger partial charge is 0.220 e. The number of carbonyl (C=O) groups excluding carboxylic acids is 1. The molecule has 0 aromatic heterocycles. The highest BCUT2D eigenvalue weighted by atomic mass is 16.5. The second kappa shape index (κ2) is 7.09. The van der Waals surface area contributed by atoms with Crippen molar-refractivity contribution >= 4 is 5.78 Å². The molecule has 0 saturated carbocycles. The van der Waals surface area contributed by atoms with Gasteiger partial charge in [0.1, 0.15) is 11.5 Å². The van der Waals surface area contributed by atoms with E-state index in [1.54, 1.807) is 26.2 Å². The number of Topliss-reactive ketones (excluding diaryl/α,β-unsaturated/α-hetero) is 1. The fraction of sp³-hybridized carbons (Fsp3) is 0.333. The predicted molar refractivity (Wildman–Crippen MR) is 97.6 cm³/mol. The third kappa shape index (κ3) is 3.29. The van der Waals surface area contributed by atoms with E-state index in [1.165, 1.54) is 12.7 Å². The second-order valence-corrected chi connectivity index (χ2v) is 6.42. The Morgan fingerprint density at radius 1 is 1.12 bits per heavy atom. The maximum atomic E-state index is 12.5. The molecule has 1 atom stereocenters. The van der Waals surface area contributed by atoms with Crippen LogP contribution in [-0.2, 0) is 11.2 Å². The Hall–Kier alpha value is -2.62. The summed E-state index contributed by atoms with van der Waals surface area (Å²) in [6, 6.07) is 11.2. The van der Waals surface area contributed by atoms with Crippen molar-refractivity contribution in [1.29, 1.82) is 0 Å². The summed E-state index contributed by atoms with van der Waals surface area (Å²) in [6.07, 6.45) is 2.09. The largest absolute Gasteiger partial charge is 0.496 e. The fourth-order valence-corrected chi connectivity index (χ4v) is 3.67. The molecule has 0 fully saturated rings. The molecule has 2 aromatic carbocycles. The monoisotopic (exact) mass is 338 g/mol. The lowest BCUT2D eigenvalue weighted by Crippen LogP contribution is -2.08. The summed E-state index contributed by atoms with van der Waals surface area (Å²) in [4.78, 5) is 24.3. The van der Waals surface area contributed by atoms with Gasteiger partial charge < -0.3 is 14.3 Å². The number of carbonyl (C=O) groups is 1. The number of fused-ring (bicyclic) bond motifs is 3. The van der Waals surface area contributed by atoms with Crippen molar-refractivity contribution in [2.24, 2.45) is 0 Å². The van der Waals surface area contributed by atoms with Crippen LogP contribution >= 0.6 is 0 Å². The van der Waals surface area contributed by atoms with Gasteiger partial charge in [0.15, 0.2) is 5.75 Å². The lowest BCUT2D eigenvalue weighted by atomic mass is 9.89. The maximum absolute atomic E-state index is 12.5. The van der Waals surface area contributed by atoms with Gasteiger partial charge in [-0.2, -0.15) is 0 Å². The third-order valence-electron chi connectivity index (χ3n) is 4.80. The molecular formula is C21H22O4. The lowest BCUT2D eigenvalue weighted by molar-refractivity contribution is -0.117. The van der Waals surface area contributed by atoms with Gasteiger partial charge in [-0.3, -0.25) is 4.79 Å². The van der Waals surface area contributed by atoms with Crippen LogP contribution in [-0.4, -0.2) is 20.0 Å². The quantitative estimate of drug-likeness (QED) is 0.852. The lowest BCUT2D eigenvalue weighted by Gasteiger charge is -2.15. The van der Waals surface area contributed by atoms with Crippen LogP contribution in [0.25, 0.3) is 11.1 Å². The summed E-state index contributed by atoms with van der Waals surface area (Å²) in [5, 5.41) is 0. The first-order valence-corrected chi connectivity index (χ1v) is 8.43. The summed E-state index contributed by atoms with van der Waals surface area (Å²) in [7, 11) is 3.14. The Morgan fingerprint density at radius 2 is 1.88 bits per heavy atom. The van der Waals surface area contributed by atoms with Gasteiger partial charge in [0.2, 0.25) is 5.43 Å². The van der Waals surface area contributed by atoms with Gasteiger partial charge in [0.05, 0.1) is 14.2 Å². The minimum absolute atomic E-state index is 0.00872. The highest BCUT2D eigenvalue weighted by Crippen LogP contribution is 2.43. The van der Waals surface area contributed by atoms with Crippen molar-refractivity contribution in [2.75, 3.05) is 14.2 Å². The van der Waals surface area contributed by atoms with Crippen LogP contribution in [0.5, 0.6) is 11.5 Å². The van der Waals surface area contributed by atoms with Crippen LogP contribution < -0.4 is 14.9 Å². The molecule has 0 saturated heterocycles. The molecule has 0 aliphatic heterocycles. The van der Waals surface area contributed by atoms with E-state index >= 15 is 0 Å². The van der Waals surface area contributed by atoms with Crippen LogP contribution in [0.15, 0.2) is 41.2 Å². The van der Waals surface area contributed by atoms with Crippen LogP contribution in [0.2, 0.25) is 0 Å². The first-order chi connectivity index (χ1) is 12.0. The van der Waals surface area contributed by atoms with Crippen LogP contribution in [0.4, 0.5) is 0 Å². The van der Waals surface area contributed by atoms with Crippen molar-refractivity contribution in [1.82, 2.24) is 0 Å². The molecule has 3 rings (SSSR count). The summed E-state index contributed by atoms with van der Waals surface area (Å²) >= 11 is 0. The van der Waals surface area contributed by atoms with Crippen LogP contribution in [0, 0.1) is 0 Å². The molecule has 0 radical (unpaired) electrons. The van der Waals surface area contributed by atoms with E-state index in [-0.39, 0.29) is 17.1 Å². The van der Waals surface area contributed by atoms with Gasteiger partial charge in [0, 0.05) is 12.0 Å². The Bertz CT molecular complexity index is 870. The molecule has 1 aliphatic carbocycles. The Labute approximate surface area is 147 Å². The Morgan fingerprint density at radius 3 is 2.56 bits per heavy atom. The van der Waals surface area contributed by atoms with E-state index in [0.717, 1.165) is 35.3 Å². The molecule has 2 aromatic rings. The highest BCUT2D eigenvalue weighted by molar-refractivity contribution is 5.80. The minimum atomic E-state index is -0.171. The second-order valence-electron chi connectivity index (χ2n) is 6.42. The zero-order valence-electron chi connectivity index (χ0n) is 14.8. The number of hydrogen-bond donors (Lipinski definition) is 0. The number of methoxy groups -OCH3 is 2. The van der Waals surface area contributed by atoms with Gasteiger partial charge in [0.25, 0.3) is 0 Å². The number of aryl methyl sites for hydroxylation is 1. The normalized spacial score (nSPS) is 15.6. The van der Waals surface area contributed by atoms with Crippen LogP contribution in [0.3, 0.4) is 0 Å². The van der Waals surface area contributed by atoms with Crippen molar-refractivity contribution in [3.63, 3.8) is 0 Å². The zero-order valence-corrected chi connectivity index (χ0v) is 14.8. The van der Waals surface area contributed by atoms with E-state index in [0.29, 0.717) is 12.2 Å². The SMILES string of the molecule is COc1cccc2c1-c1ccc(OC)c(=O)cc1[C@@H](CC(C)=O)CC2. The van der Waals surface area contributed by atoms with E-state index in [1.807, 2.05) is 18.2 Å². The number of ether oxygens (including phenoxy) is 2. The first-order valence-electron chi connectivity index (χ1n) is 8.43. The molecule has 0 unspecified atom stereocenters. The van der Waals surface area contributed by atoms with Crippen molar-refractivity contribution in [3.05, 3.63) is 57.7 Å². The fourth-order valence-electron chi connectivity index (χ4n) is 3.67. The molecular weight excluding hydrogens is 316 g/mol. The molecule has 25 heavy (non-hydrogen) atoms. The number of ketones is 1. The molecule has 4 heteroatoms. The molecule has 1 aliphatic rings. The maximum Gasteiger partial charge on any atom is 0.220 e. The molecule has 0 bridgehead atoms. The number of hydrogen-bond acceptors (Lipinski definition) is 4. The standard InChI is InChI=1S/C21H22O4/c1-13(22)11-15-8-7-14-5-4-6-20(25-3)21(14)16-9-10-19(24-2)18(23)12-17(15)16/h4-6,9-10,12,15H,7-8,11H2,1-3H3/t15-/m1/s1. The van der Waals surface area contributed by atoms with Gasteiger partial charge in [-0.15, -0.1) is 0 Å². The Kier molecular flexibility index (Phi) is 4.88. The molecule has 4 nitrogen and oxygen atoms in total. The molecule has 0 amide bonds. The Balaban J connectivity index is 2.34. The van der Waals surface area contributed by atoms with Gasteiger partial charge >= 0.3 is 0 Å². The summed E-state index contributed by atoms with van der Waals surface area (Å²) in [6.45, 7) is 1.60. The van der Waals surface area contributed by atoms with Crippen molar-refractivity contribution in [3.8, 4) is 22.6 Å². The predicted octanol–water partition coefficient (Wildman–Crippen LogP) is 3.74. The van der Waals surface area contributed by atoms with Gasteiger partial charge in [-0.25, -0.2) is 0 Å². The topological polar surface area (TPSA) is 52.6 Å². The van der Waals surface area contributed by atoms with Gasteiger partial charge in [-0.05, 0) is 60.6 Å². The summed E-state index contributed by atoms with van der Waals surface area (Å²) < 4.78 is 10.8. The average molecular weight is 338 g/mol. The number of rotatable bonds is 4. The van der Waals surface area contributed by atoms with E-state index < -0.39 is 0 Å². The first kappa shape index (κ1) is 17.2. The molecule has 130 valence electrons. The molecule has 0 N–H and O–H groups in total. The molecule has 0 spiro atoms. The van der Waals surface area contributed by atoms with Crippen LogP contribution in [0.1, 0.15) is 36.8 Å². The summed E-state index contributed by atoms with van der Waals surface area (Å²) in [5.74, 6) is 1.21. The van der Waals surface area contributed by atoms with Gasteiger partial charge in [-0.1, -0.05) is 18.2 Å². The van der Waals surface area contributed by atoms with E-state index in [4.69, 9.17) is 9.47 Å². The van der Waals surface area contributed by atoms with Crippen molar-refractivity contribution in [2.45, 2.75) is 32.1 Å². The molecule has 0 heterocycles. The van der Waals surface area contributed by atoms with Crippen molar-refractivity contribution < 1.29 is 14.3 Å². The van der Waals surface area contributed by atoms with E-state index in [2.05, 4.69) is 6.07 Å². The highest BCUT2D eigenvalue weighted by Gasteiger charge is 2.25. The third-order valence-corrected chi connectivity index (χ3v) is 4.80.